The zero-order valence-corrected chi connectivity index (χ0v) is 14.4. The average molecular weight is 374 g/mol. The number of carbonyl (C=O) groups excluding carboxylic acids is 1. The molecule has 7 heteroatoms. The number of methoxy groups -OCH3 is 2. The molecule has 6 nitrogen and oxygen atoms in total. The number of rotatable bonds is 8. The number of carboxylic acid groups (broad SMARTS) is 1. The lowest BCUT2D eigenvalue weighted by molar-refractivity contribution is -0.149. The van der Waals surface area contributed by atoms with Gasteiger partial charge in [0, 0.05) is 13.5 Å². The molecule has 0 aliphatic rings. The largest absolute Gasteiger partial charge is 0.496 e. The molecule has 0 heterocycles. The first-order valence-corrected chi connectivity index (χ1v) is 7.47. The van der Waals surface area contributed by atoms with Crippen molar-refractivity contribution in [3.63, 3.8) is 0 Å². The van der Waals surface area contributed by atoms with Gasteiger partial charge in [-0.3, -0.25) is 4.79 Å². The summed E-state index contributed by atoms with van der Waals surface area (Å²) in [6.45, 7) is 1.32. The molecular formula is C15H20BrNO5. The van der Waals surface area contributed by atoms with E-state index in [1.54, 1.807) is 7.11 Å². The van der Waals surface area contributed by atoms with E-state index in [0.717, 1.165) is 10.0 Å². The second-order valence-corrected chi connectivity index (χ2v) is 5.94. The maximum atomic E-state index is 12.0. The number of hydrogen-bond acceptors (Lipinski definition) is 4. The molecule has 1 atom stereocenters. The van der Waals surface area contributed by atoms with Gasteiger partial charge in [0.2, 0.25) is 5.91 Å². The molecule has 0 aliphatic carbocycles. The lowest BCUT2D eigenvalue weighted by Crippen LogP contribution is -2.55. The van der Waals surface area contributed by atoms with Crippen LogP contribution in [0.25, 0.3) is 0 Å². The molecule has 0 bridgehead atoms. The molecule has 122 valence electrons. The predicted octanol–water partition coefficient (Wildman–Crippen LogP) is 2.00. The number of ether oxygens (including phenoxy) is 2. The molecule has 22 heavy (non-hydrogen) atoms. The van der Waals surface area contributed by atoms with E-state index in [9.17, 15) is 14.7 Å². The van der Waals surface area contributed by atoms with Gasteiger partial charge in [0.25, 0.3) is 0 Å². The predicted molar refractivity (Wildman–Crippen MR) is 85.1 cm³/mol. The Morgan fingerprint density at radius 3 is 2.55 bits per heavy atom. The number of aliphatic carboxylic acids is 1. The highest BCUT2D eigenvalue weighted by atomic mass is 79.9. The van der Waals surface area contributed by atoms with Crippen molar-refractivity contribution in [2.45, 2.75) is 25.3 Å². The van der Waals surface area contributed by atoms with Crippen LogP contribution in [-0.4, -0.2) is 43.3 Å². The van der Waals surface area contributed by atoms with Crippen molar-refractivity contribution >= 4 is 27.8 Å². The second-order valence-electron chi connectivity index (χ2n) is 5.09. The van der Waals surface area contributed by atoms with Crippen LogP contribution in [0.4, 0.5) is 0 Å². The first-order valence-electron chi connectivity index (χ1n) is 6.68. The van der Waals surface area contributed by atoms with Crippen LogP contribution >= 0.6 is 15.9 Å². The lowest BCUT2D eigenvalue weighted by atomic mass is 10.0. The fourth-order valence-electron chi connectivity index (χ4n) is 1.93. The Kier molecular flexibility index (Phi) is 6.83. The highest BCUT2D eigenvalue weighted by Crippen LogP contribution is 2.26. The van der Waals surface area contributed by atoms with Gasteiger partial charge >= 0.3 is 5.97 Å². The molecule has 0 spiro atoms. The van der Waals surface area contributed by atoms with E-state index in [1.807, 2.05) is 18.2 Å². The van der Waals surface area contributed by atoms with Crippen molar-refractivity contribution in [3.05, 3.63) is 28.2 Å². The fraction of sp³-hybridized carbons (Fsp3) is 0.467. The Bertz CT molecular complexity index is 549. The van der Waals surface area contributed by atoms with Crippen LogP contribution in [-0.2, 0) is 20.7 Å². The summed E-state index contributed by atoms with van der Waals surface area (Å²) in [4.78, 5) is 23.2. The van der Waals surface area contributed by atoms with E-state index in [1.165, 1.54) is 14.0 Å². The van der Waals surface area contributed by atoms with Crippen LogP contribution in [0.5, 0.6) is 5.75 Å². The van der Waals surface area contributed by atoms with E-state index in [2.05, 4.69) is 21.2 Å². The van der Waals surface area contributed by atoms with Gasteiger partial charge in [-0.1, -0.05) is 6.07 Å². The van der Waals surface area contributed by atoms with Crippen LogP contribution < -0.4 is 10.1 Å². The zero-order chi connectivity index (χ0) is 16.8. The van der Waals surface area contributed by atoms with Crippen molar-refractivity contribution in [3.8, 4) is 5.75 Å². The van der Waals surface area contributed by atoms with Crippen LogP contribution in [0.2, 0.25) is 0 Å². The number of hydrogen-bond donors (Lipinski definition) is 2. The van der Waals surface area contributed by atoms with E-state index in [4.69, 9.17) is 9.47 Å². The van der Waals surface area contributed by atoms with Gasteiger partial charge in [-0.25, -0.2) is 4.79 Å². The van der Waals surface area contributed by atoms with Crippen molar-refractivity contribution in [1.29, 1.82) is 0 Å². The molecule has 0 saturated heterocycles. The Morgan fingerprint density at radius 2 is 2.05 bits per heavy atom. The highest BCUT2D eigenvalue weighted by Gasteiger charge is 2.34. The maximum absolute atomic E-state index is 12.0. The van der Waals surface area contributed by atoms with Gasteiger partial charge in [-0.2, -0.15) is 0 Å². The molecule has 2 N–H and O–H groups in total. The average Bonchev–Trinajstić information content (AvgIpc) is 2.45. The summed E-state index contributed by atoms with van der Waals surface area (Å²) < 4.78 is 10.8. The Labute approximate surface area is 137 Å². The lowest BCUT2D eigenvalue weighted by Gasteiger charge is -2.25. The summed E-state index contributed by atoms with van der Waals surface area (Å²) in [5.74, 6) is -0.754. The first-order chi connectivity index (χ1) is 10.3. The van der Waals surface area contributed by atoms with Crippen molar-refractivity contribution < 1.29 is 24.2 Å². The SMILES string of the molecule is COCC(C)(NC(=O)CCc1ccc(OC)c(Br)c1)C(=O)O. The zero-order valence-electron chi connectivity index (χ0n) is 12.8. The molecule has 1 rings (SSSR count). The minimum atomic E-state index is -1.42. The molecule has 0 fully saturated rings. The van der Waals surface area contributed by atoms with Gasteiger partial charge in [-0.05, 0) is 47.0 Å². The number of carboxylic acids is 1. The molecular weight excluding hydrogens is 354 g/mol. The van der Waals surface area contributed by atoms with Crippen LogP contribution in [0.1, 0.15) is 18.9 Å². The molecule has 0 saturated carbocycles. The quantitative estimate of drug-likeness (QED) is 0.727. The summed E-state index contributed by atoms with van der Waals surface area (Å²) in [5.41, 5.74) is -0.474. The third-order valence-electron chi connectivity index (χ3n) is 3.18. The molecule has 1 unspecified atom stereocenters. The second kappa shape index (κ2) is 8.14. The van der Waals surface area contributed by atoms with Gasteiger partial charge < -0.3 is 19.9 Å². The van der Waals surface area contributed by atoms with E-state index in [-0.39, 0.29) is 18.9 Å². The summed E-state index contributed by atoms with van der Waals surface area (Å²) >= 11 is 3.38. The van der Waals surface area contributed by atoms with E-state index >= 15 is 0 Å². The van der Waals surface area contributed by atoms with Crippen molar-refractivity contribution in [2.24, 2.45) is 0 Å². The Balaban J connectivity index is 2.62. The van der Waals surface area contributed by atoms with Crippen LogP contribution in [0, 0.1) is 0 Å². The van der Waals surface area contributed by atoms with E-state index in [0.29, 0.717) is 12.2 Å². The van der Waals surface area contributed by atoms with Crippen LogP contribution in [0.15, 0.2) is 22.7 Å². The standard InChI is InChI=1S/C15H20BrNO5/c1-15(9-21-2,14(19)20)17-13(18)7-5-10-4-6-12(22-3)11(16)8-10/h4,6,8H,5,7,9H2,1-3H3,(H,17,18)(H,19,20). The number of halogens is 1. The summed E-state index contributed by atoms with van der Waals surface area (Å²) in [6.07, 6.45) is 0.683. The maximum Gasteiger partial charge on any atom is 0.331 e. The number of carbonyl (C=O) groups is 2. The third-order valence-corrected chi connectivity index (χ3v) is 3.80. The molecule has 0 aromatic heterocycles. The Morgan fingerprint density at radius 1 is 1.36 bits per heavy atom. The fourth-order valence-corrected chi connectivity index (χ4v) is 2.52. The molecule has 1 amide bonds. The summed E-state index contributed by atoms with van der Waals surface area (Å²) in [7, 11) is 2.97. The van der Waals surface area contributed by atoms with Crippen molar-refractivity contribution in [2.75, 3.05) is 20.8 Å². The van der Waals surface area contributed by atoms with Crippen LogP contribution in [0.3, 0.4) is 0 Å². The first kappa shape index (κ1) is 18.4. The number of aryl methyl sites for hydroxylation is 1. The summed E-state index contributed by atoms with van der Waals surface area (Å²) in [6, 6.07) is 5.55. The smallest absolute Gasteiger partial charge is 0.331 e. The molecule has 0 radical (unpaired) electrons. The minimum Gasteiger partial charge on any atom is -0.496 e. The van der Waals surface area contributed by atoms with Crippen molar-refractivity contribution in [1.82, 2.24) is 5.32 Å². The van der Waals surface area contributed by atoms with Gasteiger partial charge in [-0.15, -0.1) is 0 Å². The highest BCUT2D eigenvalue weighted by molar-refractivity contribution is 9.10. The topological polar surface area (TPSA) is 84.9 Å². The van der Waals surface area contributed by atoms with Gasteiger partial charge in [0.1, 0.15) is 5.75 Å². The summed E-state index contributed by atoms with van der Waals surface area (Å²) in [5, 5.41) is 11.7. The molecule has 1 aromatic rings. The van der Waals surface area contributed by atoms with Gasteiger partial charge in [0.05, 0.1) is 18.2 Å². The monoisotopic (exact) mass is 373 g/mol. The van der Waals surface area contributed by atoms with E-state index < -0.39 is 11.5 Å². The number of benzene rings is 1. The molecule has 0 aliphatic heterocycles. The molecule has 1 aromatic carbocycles. The minimum absolute atomic E-state index is 0.0951. The number of nitrogens with one attached hydrogen (secondary N) is 1. The third kappa shape index (κ3) is 4.99. The normalized spacial score (nSPS) is 13.3. The van der Waals surface area contributed by atoms with Gasteiger partial charge in [0.15, 0.2) is 5.54 Å². The number of amides is 1. The Hall–Kier alpha value is -1.60.